The largest absolute Gasteiger partial charge is 0.298 e. The SMILES string of the molecule is CSCCN(C)Cc1nc(Cl)c2ccsc2n1. The standard InChI is InChI=1S/C11H14ClN3S2/c1-15(4-6-16-2)7-9-13-10(12)8-3-5-17-11(8)14-9/h3,5H,4,6-7H2,1-2H3. The maximum absolute atomic E-state index is 6.12. The summed E-state index contributed by atoms with van der Waals surface area (Å²) in [4.78, 5) is 12.0. The third kappa shape index (κ3) is 3.31. The topological polar surface area (TPSA) is 29.0 Å². The van der Waals surface area contributed by atoms with Gasteiger partial charge in [-0.1, -0.05) is 11.6 Å². The number of hydrogen-bond acceptors (Lipinski definition) is 5. The minimum atomic E-state index is 0.560. The molecule has 6 heteroatoms. The number of rotatable bonds is 5. The highest BCUT2D eigenvalue weighted by molar-refractivity contribution is 7.98. The van der Waals surface area contributed by atoms with Crippen LogP contribution < -0.4 is 0 Å². The summed E-state index contributed by atoms with van der Waals surface area (Å²) < 4.78 is 0. The highest BCUT2D eigenvalue weighted by Gasteiger charge is 2.08. The van der Waals surface area contributed by atoms with Crippen LogP contribution >= 0.6 is 34.7 Å². The summed E-state index contributed by atoms with van der Waals surface area (Å²) in [6.07, 6.45) is 2.11. The molecule has 0 aliphatic carbocycles. The lowest BCUT2D eigenvalue weighted by atomic mass is 10.4. The van der Waals surface area contributed by atoms with E-state index in [0.29, 0.717) is 5.15 Å². The molecule has 0 saturated carbocycles. The van der Waals surface area contributed by atoms with Gasteiger partial charge in [0.05, 0.1) is 6.54 Å². The molecule has 0 unspecified atom stereocenters. The lowest BCUT2D eigenvalue weighted by Gasteiger charge is -2.14. The number of nitrogens with zero attached hydrogens (tertiary/aromatic N) is 3. The molecular formula is C11H14ClN3S2. The Labute approximate surface area is 114 Å². The van der Waals surface area contributed by atoms with Crippen LogP contribution in [-0.4, -0.2) is 40.5 Å². The molecule has 0 amide bonds. The molecular weight excluding hydrogens is 274 g/mol. The fourth-order valence-corrected chi connectivity index (χ4v) is 3.08. The highest BCUT2D eigenvalue weighted by atomic mass is 35.5. The van der Waals surface area contributed by atoms with E-state index < -0.39 is 0 Å². The van der Waals surface area contributed by atoms with Crippen molar-refractivity contribution in [2.75, 3.05) is 25.6 Å². The molecule has 2 aromatic rings. The Hall–Kier alpha value is -0.360. The van der Waals surface area contributed by atoms with Crippen molar-refractivity contribution in [3.05, 3.63) is 22.4 Å². The summed E-state index contributed by atoms with van der Waals surface area (Å²) in [6.45, 7) is 1.78. The van der Waals surface area contributed by atoms with E-state index in [2.05, 4.69) is 28.2 Å². The third-order valence-corrected chi connectivity index (χ3v) is 4.10. The quantitative estimate of drug-likeness (QED) is 0.790. The average Bonchev–Trinajstić information content (AvgIpc) is 2.75. The second-order valence-corrected chi connectivity index (χ2v) is 6.04. The Morgan fingerprint density at radius 1 is 1.47 bits per heavy atom. The van der Waals surface area contributed by atoms with Crippen molar-refractivity contribution < 1.29 is 0 Å². The van der Waals surface area contributed by atoms with Crippen molar-refractivity contribution in [2.24, 2.45) is 0 Å². The molecule has 0 aromatic carbocycles. The molecule has 0 saturated heterocycles. The maximum Gasteiger partial charge on any atom is 0.145 e. The smallest absolute Gasteiger partial charge is 0.145 e. The maximum atomic E-state index is 6.12. The van der Waals surface area contributed by atoms with Crippen LogP contribution in [0.5, 0.6) is 0 Å². The minimum absolute atomic E-state index is 0.560. The van der Waals surface area contributed by atoms with E-state index in [-0.39, 0.29) is 0 Å². The van der Waals surface area contributed by atoms with Crippen molar-refractivity contribution in [3.8, 4) is 0 Å². The number of fused-ring (bicyclic) bond motifs is 1. The molecule has 2 heterocycles. The van der Waals surface area contributed by atoms with Crippen molar-refractivity contribution in [2.45, 2.75) is 6.54 Å². The molecule has 0 aliphatic rings. The Kier molecular flexibility index (Phi) is 4.62. The molecule has 92 valence electrons. The minimum Gasteiger partial charge on any atom is -0.298 e. The first-order valence-electron chi connectivity index (χ1n) is 5.28. The highest BCUT2D eigenvalue weighted by Crippen LogP contribution is 2.24. The summed E-state index contributed by atoms with van der Waals surface area (Å²) in [5, 5.41) is 3.50. The van der Waals surface area contributed by atoms with Crippen molar-refractivity contribution in [1.82, 2.24) is 14.9 Å². The molecule has 3 nitrogen and oxygen atoms in total. The Bertz CT molecular complexity index is 500. The van der Waals surface area contributed by atoms with Crippen molar-refractivity contribution >= 4 is 44.9 Å². The number of halogens is 1. The van der Waals surface area contributed by atoms with Crippen molar-refractivity contribution in [3.63, 3.8) is 0 Å². The lowest BCUT2D eigenvalue weighted by Crippen LogP contribution is -2.22. The zero-order valence-corrected chi connectivity index (χ0v) is 12.2. The summed E-state index contributed by atoms with van der Waals surface area (Å²) in [5.41, 5.74) is 0. The first-order valence-corrected chi connectivity index (χ1v) is 7.93. The van der Waals surface area contributed by atoms with Gasteiger partial charge in [-0.25, -0.2) is 9.97 Å². The van der Waals surface area contributed by atoms with Gasteiger partial charge in [0.25, 0.3) is 0 Å². The Morgan fingerprint density at radius 2 is 2.29 bits per heavy atom. The first kappa shape index (κ1) is 13.1. The second-order valence-electron chi connectivity index (χ2n) is 3.80. The van der Waals surface area contributed by atoms with Gasteiger partial charge in [0.15, 0.2) is 0 Å². The van der Waals surface area contributed by atoms with Gasteiger partial charge in [0, 0.05) is 17.7 Å². The zero-order valence-electron chi connectivity index (χ0n) is 9.81. The summed E-state index contributed by atoms with van der Waals surface area (Å²) in [5.74, 6) is 1.92. The molecule has 0 spiro atoms. The molecule has 0 fully saturated rings. The molecule has 0 N–H and O–H groups in total. The second kappa shape index (κ2) is 6.00. The monoisotopic (exact) mass is 287 g/mol. The van der Waals surface area contributed by atoms with Crippen LogP contribution in [0.1, 0.15) is 5.82 Å². The molecule has 17 heavy (non-hydrogen) atoms. The van der Waals surface area contributed by atoms with Gasteiger partial charge < -0.3 is 0 Å². The predicted molar refractivity (Wildman–Crippen MR) is 77.1 cm³/mol. The fourth-order valence-electron chi connectivity index (χ4n) is 1.50. The van der Waals surface area contributed by atoms with E-state index in [1.54, 1.807) is 11.3 Å². The van der Waals surface area contributed by atoms with Crippen molar-refractivity contribution in [1.29, 1.82) is 0 Å². The van der Waals surface area contributed by atoms with Crippen LogP contribution in [0.2, 0.25) is 5.15 Å². The van der Waals surface area contributed by atoms with Crippen LogP contribution in [-0.2, 0) is 6.54 Å². The molecule has 2 rings (SSSR count). The van der Waals surface area contributed by atoms with Crippen LogP contribution in [0.4, 0.5) is 0 Å². The number of aromatic nitrogens is 2. The number of thiophene rings is 1. The van der Waals surface area contributed by atoms with Crippen LogP contribution in [0, 0.1) is 0 Å². The van der Waals surface area contributed by atoms with Gasteiger partial charge in [-0.2, -0.15) is 11.8 Å². The van der Waals surface area contributed by atoms with Crippen LogP contribution in [0.15, 0.2) is 11.4 Å². The van der Waals surface area contributed by atoms with Gasteiger partial charge in [-0.15, -0.1) is 11.3 Å². The van der Waals surface area contributed by atoms with E-state index in [1.807, 2.05) is 23.2 Å². The van der Waals surface area contributed by atoms with Gasteiger partial charge in [-0.05, 0) is 24.7 Å². The Morgan fingerprint density at radius 3 is 3.06 bits per heavy atom. The van der Waals surface area contributed by atoms with E-state index >= 15 is 0 Å². The molecule has 0 radical (unpaired) electrons. The van der Waals surface area contributed by atoms with E-state index in [4.69, 9.17) is 11.6 Å². The zero-order chi connectivity index (χ0) is 12.3. The fraction of sp³-hybridized carbons (Fsp3) is 0.455. The van der Waals surface area contributed by atoms with Gasteiger partial charge in [0.2, 0.25) is 0 Å². The van der Waals surface area contributed by atoms with E-state index in [0.717, 1.165) is 34.9 Å². The summed E-state index contributed by atoms with van der Waals surface area (Å²) in [7, 11) is 2.08. The molecule has 0 bridgehead atoms. The van der Waals surface area contributed by atoms with Crippen LogP contribution in [0.25, 0.3) is 10.2 Å². The predicted octanol–water partition coefficient (Wildman–Crippen LogP) is 3.14. The lowest BCUT2D eigenvalue weighted by molar-refractivity contribution is 0.340. The number of hydrogen-bond donors (Lipinski definition) is 0. The number of thioether (sulfide) groups is 1. The molecule has 0 aliphatic heterocycles. The van der Waals surface area contributed by atoms with E-state index in [9.17, 15) is 0 Å². The summed E-state index contributed by atoms with van der Waals surface area (Å²) >= 11 is 9.57. The molecule has 2 aromatic heterocycles. The average molecular weight is 288 g/mol. The van der Waals surface area contributed by atoms with E-state index in [1.165, 1.54) is 0 Å². The van der Waals surface area contributed by atoms with Crippen LogP contribution in [0.3, 0.4) is 0 Å². The van der Waals surface area contributed by atoms with Gasteiger partial charge in [-0.3, -0.25) is 4.90 Å². The van der Waals surface area contributed by atoms with Gasteiger partial charge in [0.1, 0.15) is 15.8 Å². The Balaban J connectivity index is 2.13. The normalized spacial score (nSPS) is 11.5. The van der Waals surface area contributed by atoms with Gasteiger partial charge >= 0.3 is 0 Å². The first-order chi connectivity index (χ1) is 8.20. The third-order valence-electron chi connectivity index (χ3n) is 2.41. The molecule has 0 atom stereocenters. The summed E-state index contributed by atoms with van der Waals surface area (Å²) in [6, 6.07) is 1.96.